The van der Waals surface area contributed by atoms with Crippen molar-refractivity contribution in [3.63, 3.8) is 0 Å². The highest BCUT2D eigenvalue weighted by molar-refractivity contribution is 7.26. The molecule has 2 aromatic heterocycles. The zero-order valence-corrected chi connectivity index (χ0v) is 30.8. The van der Waals surface area contributed by atoms with E-state index in [0.29, 0.717) is 0 Å². The number of hydrogen-bond donors (Lipinski definition) is 0. The first kappa shape index (κ1) is 31.8. The predicted octanol–water partition coefficient (Wildman–Crippen LogP) is 14.4. The molecule has 0 amide bonds. The third-order valence-corrected chi connectivity index (χ3v) is 12.5. The third-order valence-electron chi connectivity index (χ3n) is 11.2. The van der Waals surface area contributed by atoms with Crippen molar-refractivity contribution in [2.45, 2.75) is 12.3 Å². The molecule has 0 aliphatic heterocycles. The summed E-state index contributed by atoms with van der Waals surface area (Å²) >= 11 is 1.88. The van der Waals surface area contributed by atoms with Crippen LogP contribution in [0.3, 0.4) is 0 Å². The Bertz CT molecular complexity index is 3150. The number of benzene rings is 8. The van der Waals surface area contributed by atoms with Crippen LogP contribution in [0.5, 0.6) is 0 Å². The van der Waals surface area contributed by atoms with E-state index in [0.717, 1.165) is 39.5 Å². The van der Waals surface area contributed by atoms with E-state index >= 15 is 0 Å². The van der Waals surface area contributed by atoms with Gasteiger partial charge in [0.1, 0.15) is 0 Å². The van der Waals surface area contributed by atoms with Crippen molar-refractivity contribution in [2.24, 2.45) is 0 Å². The van der Waals surface area contributed by atoms with Crippen LogP contribution in [0, 0.1) is 0 Å². The number of allylic oxidation sites excluding steroid dienone is 4. The van der Waals surface area contributed by atoms with Crippen LogP contribution in [0.25, 0.3) is 91.7 Å². The van der Waals surface area contributed by atoms with E-state index in [9.17, 15) is 0 Å². The van der Waals surface area contributed by atoms with E-state index in [4.69, 9.17) is 9.97 Å². The quantitative estimate of drug-likeness (QED) is 0.166. The molecule has 1 aliphatic rings. The Morgan fingerprint density at radius 3 is 1.89 bits per heavy atom. The van der Waals surface area contributed by atoms with Crippen LogP contribution in [0.4, 0.5) is 0 Å². The average Bonchev–Trinajstić information content (AvgIpc) is 3.66. The lowest BCUT2D eigenvalue weighted by Crippen LogP contribution is -2.01. The lowest BCUT2D eigenvalue weighted by atomic mass is 9.87. The monoisotopic (exact) mass is 718 g/mol. The fraction of sp³-hybridized carbons (Fsp3) is 0.0385. The fourth-order valence-corrected chi connectivity index (χ4v) is 9.73. The van der Waals surface area contributed by atoms with Gasteiger partial charge in [-0.05, 0) is 73.8 Å². The maximum atomic E-state index is 5.27. The first-order chi connectivity index (χ1) is 27.2. The van der Waals surface area contributed by atoms with E-state index in [1.54, 1.807) is 0 Å². The van der Waals surface area contributed by atoms with E-state index in [2.05, 4.69) is 182 Å². The van der Waals surface area contributed by atoms with Crippen LogP contribution in [-0.2, 0) is 0 Å². The molecule has 0 bridgehead atoms. The molecular weight excluding hydrogens is 685 g/mol. The molecule has 8 aromatic carbocycles. The van der Waals surface area contributed by atoms with Gasteiger partial charge in [-0.15, -0.1) is 11.3 Å². The van der Waals surface area contributed by atoms with Crippen molar-refractivity contribution < 1.29 is 0 Å². The lowest BCUT2D eigenvalue weighted by molar-refractivity contribution is 0.856. The van der Waals surface area contributed by atoms with Gasteiger partial charge in [-0.25, -0.2) is 4.98 Å². The molecule has 55 heavy (non-hydrogen) atoms. The Balaban J connectivity index is 0.888. The normalized spacial score (nSPS) is 14.3. The van der Waals surface area contributed by atoms with Crippen LogP contribution in [0.1, 0.15) is 23.6 Å². The van der Waals surface area contributed by atoms with Crippen molar-refractivity contribution in [1.29, 1.82) is 0 Å². The summed E-state index contributed by atoms with van der Waals surface area (Å²) in [6, 6.07) is 59.5. The number of aromatic nitrogens is 2. The molecule has 0 saturated heterocycles. The van der Waals surface area contributed by atoms with Gasteiger partial charge < -0.3 is 0 Å². The number of hydrogen-bond acceptors (Lipinski definition) is 3. The maximum Gasteiger partial charge on any atom is 0.0979 e. The van der Waals surface area contributed by atoms with Gasteiger partial charge in [0, 0.05) is 36.9 Å². The van der Waals surface area contributed by atoms with Gasteiger partial charge >= 0.3 is 0 Å². The standard InChI is InChI=1S/C52H34N2S/c1-3-20-45-42(17-1)43-18-2-4-21-46(43)51-50(45)53-32-48(54-51)40-16-9-14-38(31-40)37-13-7-11-35(29-37)33-25-27-34(28-26-33)36-12-8-15-39(30-36)41-22-10-23-47-44-19-5-6-24-49(44)55-52(41)47/h1-13,15-32,38H,14H2. The topological polar surface area (TPSA) is 25.8 Å². The first-order valence-corrected chi connectivity index (χ1v) is 19.7. The predicted molar refractivity (Wildman–Crippen MR) is 235 cm³/mol. The minimum atomic E-state index is 0.248. The molecule has 258 valence electrons. The molecule has 3 heteroatoms. The first-order valence-electron chi connectivity index (χ1n) is 18.9. The van der Waals surface area contributed by atoms with Gasteiger partial charge in [-0.1, -0.05) is 170 Å². The smallest absolute Gasteiger partial charge is 0.0979 e. The van der Waals surface area contributed by atoms with E-state index in [1.807, 2.05) is 17.5 Å². The molecule has 11 rings (SSSR count). The zero-order valence-electron chi connectivity index (χ0n) is 30.0. The van der Waals surface area contributed by atoms with E-state index in [1.165, 1.54) is 69.9 Å². The highest BCUT2D eigenvalue weighted by Crippen LogP contribution is 2.41. The molecule has 2 heterocycles. The van der Waals surface area contributed by atoms with Crippen LogP contribution in [-0.4, -0.2) is 9.97 Å². The van der Waals surface area contributed by atoms with Crippen molar-refractivity contribution >= 4 is 69.7 Å². The number of thiophene rings is 1. The Morgan fingerprint density at radius 1 is 0.491 bits per heavy atom. The number of rotatable bonds is 5. The Labute approximate surface area is 323 Å². The summed E-state index contributed by atoms with van der Waals surface area (Å²) in [7, 11) is 0. The minimum Gasteiger partial charge on any atom is -0.252 e. The largest absolute Gasteiger partial charge is 0.252 e. The summed E-state index contributed by atoms with van der Waals surface area (Å²) in [5.74, 6) is 0.248. The van der Waals surface area contributed by atoms with Crippen LogP contribution in [0.2, 0.25) is 0 Å². The van der Waals surface area contributed by atoms with Gasteiger partial charge in [0.05, 0.1) is 22.9 Å². The van der Waals surface area contributed by atoms with Crippen LogP contribution < -0.4 is 0 Å². The summed E-state index contributed by atoms with van der Waals surface area (Å²) in [6.45, 7) is 0. The second-order valence-electron chi connectivity index (χ2n) is 14.5. The molecule has 0 N–H and O–H groups in total. The zero-order chi connectivity index (χ0) is 36.3. The average molecular weight is 719 g/mol. The minimum absolute atomic E-state index is 0.248. The SMILES string of the molecule is C1=CC(c2cnc3c4ccccc4c4ccccc4c3n2)=CC(c2cccc(-c3ccc(-c4cccc(-c5cccc6c5sc5ccccc56)c4)cc3)c2)C1. The molecule has 1 atom stereocenters. The van der Waals surface area contributed by atoms with E-state index in [-0.39, 0.29) is 5.92 Å². The number of nitrogens with zero attached hydrogens (tertiary/aromatic N) is 2. The summed E-state index contributed by atoms with van der Waals surface area (Å²) in [4.78, 5) is 10.3. The highest BCUT2D eigenvalue weighted by atomic mass is 32.1. The Kier molecular flexibility index (Phi) is 7.53. The molecular formula is C52H34N2S. The fourth-order valence-electron chi connectivity index (χ4n) is 8.49. The summed E-state index contributed by atoms with van der Waals surface area (Å²) in [5.41, 5.74) is 12.6. The molecule has 0 fully saturated rings. The third kappa shape index (κ3) is 5.47. The summed E-state index contributed by atoms with van der Waals surface area (Å²) in [6.07, 6.45) is 9.75. The Morgan fingerprint density at radius 2 is 1.11 bits per heavy atom. The summed E-state index contributed by atoms with van der Waals surface area (Å²) in [5, 5.41) is 7.36. The van der Waals surface area contributed by atoms with Gasteiger partial charge in [-0.3, -0.25) is 4.98 Å². The van der Waals surface area contributed by atoms with Crippen molar-refractivity contribution in [3.05, 3.63) is 199 Å². The van der Waals surface area contributed by atoms with Crippen LogP contribution in [0.15, 0.2) is 188 Å². The molecule has 1 aliphatic carbocycles. The van der Waals surface area contributed by atoms with Gasteiger partial charge in [0.2, 0.25) is 0 Å². The van der Waals surface area contributed by atoms with Gasteiger partial charge in [0.15, 0.2) is 0 Å². The second-order valence-corrected chi connectivity index (χ2v) is 15.5. The molecule has 0 saturated carbocycles. The van der Waals surface area contributed by atoms with Gasteiger partial charge in [-0.2, -0.15) is 0 Å². The van der Waals surface area contributed by atoms with Crippen LogP contribution >= 0.6 is 11.3 Å². The highest BCUT2D eigenvalue weighted by Gasteiger charge is 2.17. The summed E-state index contributed by atoms with van der Waals surface area (Å²) < 4.78 is 2.68. The van der Waals surface area contributed by atoms with E-state index < -0.39 is 0 Å². The van der Waals surface area contributed by atoms with Gasteiger partial charge in [0.25, 0.3) is 0 Å². The maximum absolute atomic E-state index is 5.27. The Hall–Kier alpha value is -6.68. The molecule has 0 spiro atoms. The van der Waals surface area contributed by atoms with Crippen molar-refractivity contribution in [3.8, 4) is 33.4 Å². The lowest BCUT2D eigenvalue weighted by Gasteiger charge is -2.18. The number of fused-ring (bicyclic) bond motifs is 9. The molecule has 10 aromatic rings. The van der Waals surface area contributed by atoms with Crippen molar-refractivity contribution in [1.82, 2.24) is 9.97 Å². The molecule has 0 radical (unpaired) electrons. The molecule has 1 unspecified atom stereocenters. The molecule has 2 nitrogen and oxygen atoms in total. The van der Waals surface area contributed by atoms with Crippen molar-refractivity contribution in [2.75, 3.05) is 0 Å². The second kappa shape index (κ2) is 13.0.